The van der Waals surface area contributed by atoms with Crippen molar-refractivity contribution in [3.63, 3.8) is 0 Å². The average Bonchev–Trinajstić information content (AvgIpc) is 3.40. The van der Waals surface area contributed by atoms with Gasteiger partial charge in [-0.3, -0.25) is 9.97 Å². The van der Waals surface area contributed by atoms with Crippen molar-refractivity contribution in [2.45, 2.75) is 52.4 Å². The quantitative estimate of drug-likeness (QED) is 0.207. The zero-order valence-corrected chi connectivity index (χ0v) is 26.8. The molecule has 0 bridgehead atoms. The van der Waals surface area contributed by atoms with Gasteiger partial charge in [0.05, 0.1) is 11.4 Å². The summed E-state index contributed by atoms with van der Waals surface area (Å²) in [5.41, 5.74) is 18.1. The van der Waals surface area contributed by atoms with Gasteiger partial charge >= 0.3 is 0 Å². The fraction of sp³-hybridized carbons (Fsp3) is 0.190. The third-order valence-corrected chi connectivity index (χ3v) is 10.2. The number of pyridine rings is 2. The smallest absolute Gasteiger partial charge is 0.0930 e. The van der Waals surface area contributed by atoms with E-state index in [1.165, 1.54) is 55.8 Å². The molecule has 2 aliphatic carbocycles. The van der Waals surface area contributed by atoms with Crippen molar-refractivity contribution in [3.05, 3.63) is 149 Å². The fourth-order valence-corrected chi connectivity index (χ4v) is 7.68. The zero-order valence-electron chi connectivity index (χ0n) is 26.8. The molecule has 0 radical (unpaired) electrons. The van der Waals surface area contributed by atoms with Crippen molar-refractivity contribution in [3.8, 4) is 33.6 Å². The van der Waals surface area contributed by atoms with Crippen molar-refractivity contribution in [1.82, 2.24) is 9.97 Å². The van der Waals surface area contributed by atoms with E-state index in [9.17, 15) is 0 Å². The Morgan fingerprint density at radius 2 is 1.11 bits per heavy atom. The Morgan fingerprint density at radius 1 is 0.511 bits per heavy atom. The molecule has 4 aromatic carbocycles. The first-order valence-corrected chi connectivity index (χ1v) is 15.8. The Hall–Kier alpha value is -5.02. The molecule has 8 rings (SSSR count). The Bertz CT molecular complexity index is 2080. The zero-order chi connectivity index (χ0) is 31.1. The number of anilines is 3. The summed E-state index contributed by atoms with van der Waals surface area (Å²) in [4.78, 5) is 12.1. The lowest BCUT2D eigenvalue weighted by molar-refractivity contribution is 0.658. The number of aromatic nitrogens is 2. The van der Waals surface area contributed by atoms with Crippen LogP contribution in [0.2, 0.25) is 0 Å². The normalized spacial score (nSPS) is 14.8. The highest BCUT2D eigenvalue weighted by molar-refractivity contribution is 5.90. The molecular formula is C42H37N3. The lowest BCUT2D eigenvalue weighted by Gasteiger charge is -2.29. The van der Waals surface area contributed by atoms with Gasteiger partial charge in [0.2, 0.25) is 0 Å². The van der Waals surface area contributed by atoms with Gasteiger partial charge in [-0.25, -0.2) is 0 Å². The van der Waals surface area contributed by atoms with E-state index >= 15 is 0 Å². The van der Waals surface area contributed by atoms with Crippen LogP contribution in [0.25, 0.3) is 33.6 Å². The molecule has 45 heavy (non-hydrogen) atoms. The molecule has 0 N–H and O–H groups in total. The Morgan fingerprint density at radius 3 is 1.80 bits per heavy atom. The second-order valence-electron chi connectivity index (χ2n) is 13.7. The van der Waals surface area contributed by atoms with E-state index in [2.05, 4.69) is 144 Å². The summed E-state index contributed by atoms with van der Waals surface area (Å²) >= 11 is 0. The average molecular weight is 584 g/mol. The Labute approximate surface area is 266 Å². The van der Waals surface area contributed by atoms with Gasteiger partial charge in [-0.2, -0.15) is 0 Å². The standard InChI is InChI=1S/C42H37N3/c1-26-21-35-33(23-31(26)28-22-37-40(44-25-28)39-34(41(37,3)4)18-13-19-43-39)32-20-27(2)38(24-36(32)42(35,5)6)45(29-14-9-7-10-15-29)30-16-11-8-12-17-30/h7-25H,1-6H3. The van der Waals surface area contributed by atoms with Gasteiger partial charge in [-0.15, -0.1) is 0 Å². The third-order valence-electron chi connectivity index (χ3n) is 10.2. The number of fused-ring (bicyclic) bond motifs is 6. The van der Waals surface area contributed by atoms with Crippen molar-refractivity contribution in [2.24, 2.45) is 0 Å². The highest BCUT2D eigenvalue weighted by Crippen LogP contribution is 2.54. The summed E-state index contributed by atoms with van der Waals surface area (Å²) in [6.45, 7) is 13.8. The van der Waals surface area contributed by atoms with E-state index < -0.39 is 0 Å². The summed E-state index contributed by atoms with van der Waals surface area (Å²) in [5, 5.41) is 0. The first-order valence-electron chi connectivity index (χ1n) is 15.8. The molecule has 0 fully saturated rings. The van der Waals surface area contributed by atoms with E-state index in [1.54, 1.807) is 0 Å². The van der Waals surface area contributed by atoms with Crippen LogP contribution in [0.3, 0.4) is 0 Å². The summed E-state index contributed by atoms with van der Waals surface area (Å²) in [6, 6.07) is 37.6. The number of rotatable bonds is 4. The van der Waals surface area contributed by atoms with Gasteiger partial charge in [0.1, 0.15) is 0 Å². The maximum Gasteiger partial charge on any atom is 0.0930 e. The van der Waals surface area contributed by atoms with Crippen LogP contribution >= 0.6 is 0 Å². The molecule has 220 valence electrons. The first-order chi connectivity index (χ1) is 21.7. The van der Waals surface area contributed by atoms with E-state index in [0.29, 0.717) is 0 Å². The van der Waals surface area contributed by atoms with Crippen molar-refractivity contribution < 1.29 is 0 Å². The molecule has 0 atom stereocenters. The molecule has 6 aromatic rings. The molecule has 0 saturated heterocycles. The van der Waals surface area contributed by atoms with E-state index in [0.717, 1.165) is 28.3 Å². The first kappa shape index (κ1) is 27.5. The summed E-state index contributed by atoms with van der Waals surface area (Å²) in [5.74, 6) is 0. The summed E-state index contributed by atoms with van der Waals surface area (Å²) in [6.07, 6.45) is 3.91. The predicted octanol–water partition coefficient (Wildman–Crippen LogP) is 10.8. The van der Waals surface area contributed by atoms with Crippen molar-refractivity contribution in [2.75, 3.05) is 4.90 Å². The third kappa shape index (κ3) is 4.03. The predicted molar refractivity (Wildman–Crippen MR) is 187 cm³/mol. The second-order valence-corrected chi connectivity index (χ2v) is 13.7. The van der Waals surface area contributed by atoms with Gasteiger partial charge < -0.3 is 4.90 Å². The van der Waals surface area contributed by atoms with Crippen LogP contribution in [0.1, 0.15) is 61.1 Å². The van der Waals surface area contributed by atoms with E-state index in [4.69, 9.17) is 9.97 Å². The number of hydrogen-bond donors (Lipinski definition) is 0. The number of para-hydroxylation sites is 2. The topological polar surface area (TPSA) is 29.0 Å². The Balaban J connectivity index is 1.27. The van der Waals surface area contributed by atoms with Gasteiger partial charge in [-0.05, 0) is 119 Å². The van der Waals surface area contributed by atoms with Gasteiger partial charge in [0.15, 0.2) is 0 Å². The number of nitrogens with zero attached hydrogens (tertiary/aromatic N) is 3. The number of aryl methyl sites for hydroxylation is 2. The largest absolute Gasteiger partial charge is 0.310 e. The molecule has 3 heteroatoms. The highest BCUT2D eigenvalue weighted by atomic mass is 15.1. The summed E-state index contributed by atoms with van der Waals surface area (Å²) in [7, 11) is 0. The van der Waals surface area contributed by atoms with Crippen LogP contribution in [-0.2, 0) is 10.8 Å². The monoisotopic (exact) mass is 583 g/mol. The molecule has 2 heterocycles. The SMILES string of the molecule is Cc1cc2c(cc1-c1cnc3c(c1)C(C)(C)c1cccnc1-3)-c1cc(C)c(N(c3ccccc3)c3ccccc3)cc1C2(C)C. The summed E-state index contributed by atoms with van der Waals surface area (Å²) < 4.78 is 0. The maximum atomic E-state index is 5.01. The molecule has 2 aliphatic rings. The lowest BCUT2D eigenvalue weighted by atomic mass is 9.80. The van der Waals surface area contributed by atoms with Gasteiger partial charge in [-0.1, -0.05) is 76.2 Å². The molecule has 2 aromatic heterocycles. The molecule has 0 saturated carbocycles. The van der Waals surface area contributed by atoms with Crippen LogP contribution < -0.4 is 4.90 Å². The van der Waals surface area contributed by atoms with Gasteiger partial charge in [0, 0.05) is 45.8 Å². The van der Waals surface area contributed by atoms with Crippen LogP contribution in [0, 0.1) is 13.8 Å². The lowest BCUT2D eigenvalue weighted by Crippen LogP contribution is -2.17. The van der Waals surface area contributed by atoms with E-state index in [1.807, 2.05) is 18.5 Å². The molecule has 0 aliphatic heterocycles. The fourth-order valence-electron chi connectivity index (χ4n) is 7.68. The molecule has 0 amide bonds. The van der Waals surface area contributed by atoms with Crippen molar-refractivity contribution >= 4 is 17.1 Å². The maximum absolute atomic E-state index is 5.01. The van der Waals surface area contributed by atoms with Crippen LogP contribution in [0.15, 0.2) is 116 Å². The van der Waals surface area contributed by atoms with Crippen molar-refractivity contribution in [1.29, 1.82) is 0 Å². The Kier molecular flexibility index (Phi) is 5.96. The van der Waals surface area contributed by atoms with Crippen LogP contribution in [0.5, 0.6) is 0 Å². The number of hydrogen-bond acceptors (Lipinski definition) is 3. The van der Waals surface area contributed by atoms with Crippen LogP contribution in [-0.4, -0.2) is 9.97 Å². The van der Waals surface area contributed by atoms with Gasteiger partial charge in [0.25, 0.3) is 0 Å². The minimum absolute atomic E-state index is 0.138. The minimum atomic E-state index is -0.141. The van der Waals surface area contributed by atoms with E-state index in [-0.39, 0.29) is 10.8 Å². The van der Waals surface area contributed by atoms with Crippen LogP contribution in [0.4, 0.5) is 17.1 Å². The second kappa shape index (κ2) is 9.74. The molecule has 3 nitrogen and oxygen atoms in total. The molecule has 0 spiro atoms. The number of benzene rings is 4. The molecule has 0 unspecified atom stereocenters. The molecular weight excluding hydrogens is 546 g/mol. The highest BCUT2D eigenvalue weighted by Gasteiger charge is 2.39. The minimum Gasteiger partial charge on any atom is -0.310 e.